The van der Waals surface area contributed by atoms with Gasteiger partial charge in [0, 0.05) is 55.4 Å². The van der Waals surface area contributed by atoms with E-state index in [4.69, 9.17) is 0 Å². The van der Waals surface area contributed by atoms with Crippen LogP contribution in [0.1, 0.15) is 17.7 Å². The maximum Gasteiger partial charge on any atom is 0.225 e. The minimum Gasteiger partial charge on any atom is -0.338 e. The number of benzene rings is 1. The van der Waals surface area contributed by atoms with Gasteiger partial charge in [-0.25, -0.2) is 15.0 Å². The molecule has 0 radical (unpaired) electrons. The van der Waals surface area contributed by atoms with E-state index in [-0.39, 0.29) is 0 Å². The van der Waals surface area contributed by atoms with Crippen LogP contribution in [0.15, 0.2) is 65.0 Å². The van der Waals surface area contributed by atoms with Gasteiger partial charge in [0.2, 0.25) is 5.95 Å². The summed E-state index contributed by atoms with van der Waals surface area (Å²) >= 11 is 3.65. The predicted molar refractivity (Wildman–Crippen MR) is 141 cm³/mol. The number of hydrogen-bond acceptors (Lipinski definition) is 8. The number of pyridine rings is 1. The minimum atomic E-state index is 0.815. The van der Waals surface area contributed by atoms with Crippen LogP contribution in [0.3, 0.4) is 0 Å². The Hall–Kier alpha value is -2.62. The molecule has 4 aromatic rings. The number of thioether (sulfide) groups is 2. The average Bonchev–Trinajstić information content (AvgIpc) is 3.31. The third kappa shape index (κ3) is 5.71. The van der Waals surface area contributed by atoms with Gasteiger partial charge < -0.3 is 9.88 Å². The van der Waals surface area contributed by atoms with Crippen LogP contribution >= 0.6 is 23.5 Å². The fourth-order valence-electron chi connectivity index (χ4n) is 4.09. The lowest BCUT2D eigenvalue weighted by Gasteiger charge is -2.34. The molecule has 1 aromatic carbocycles. The topological polar surface area (TPSA) is 73.8 Å². The quantitative estimate of drug-likeness (QED) is 0.268. The molecule has 4 heterocycles. The third-order valence-corrected chi connectivity index (χ3v) is 8.19. The lowest BCUT2D eigenvalue weighted by atomic mass is 10.2. The third-order valence-electron chi connectivity index (χ3n) is 6.06. The molecule has 1 N–H and O–H groups in total. The molecule has 1 aliphatic rings. The van der Waals surface area contributed by atoms with Gasteiger partial charge in [-0.1, -0.05) is 23.9 Å². The Labute approximate surface area is 208 Å². The van der Waals surface area contributed by atoms with Crippen LogP contribution in [0.5, 0.6) is 0 Å². The van der Waals surface area contributed by atoms with Gasteiger partial charge in [-0.05, 0) is 55.5 Å². The van der Waals surface area contributed by atoms with Crippen LogP contribution in [0.4, 0.5) is 5.95 Å². The van der Waals surface area contributed by atoms with Crippen molar-refractivity contribution in [3.05, 3.63) is 66.2 Å². The van der Waals surface area contributed by atoms with Gasteiger partial charge in [0.05, 0.1) is 16.7 Å². The summed E-state index contributed by atoms with van der Waals surface area (Å²) < 4.78 is 0. The largest absolute Gasteiger partial charge is 0.338 e. The highest BCUT2D eigenvalue weighted by atomic mass is 32.2. The summed E-state index contributed by atoms with van der Waals surface area (Å²) in [5.41, 5.74) is 4.50. The van der Waals surface area contributed by atoms with Crippen molar-refractivity contribution in [3.63, 3.8) is 0 Å². The van der Waals surface area contributed by atoms with Crippen LogP contribution in [0.25, 0.3) is 11.0 Å². The molecular weight excluding hydrogens is 462 g/mol. The van der Waals surface area contributed by atoms with E-state index in [2.05, 4.69) is 53.8 Å². The summed E-state index contributed by atoms with van der Waals surface area (Å²) in [7, 11) is 0. The number of imidazole rings is 1. The summed E-state index contributed by atoms with van der Waals surface area (Å²) in [5.74, 6) is 2.78. The van der Waals surface area contributed by atoms with Gasteiger partial charge >= 0.3 is 0 Å². The fraction of sp³-hybridized carbons (Fsp3) is 0.360. The van der Waals surface area contributed by atoms with Gasteiger partial charge in [-0.3, -0.25) is 9.88 Å². The number of hydrogen-bond donors (Lipinski definition) is 1. The predicted octanol–water partition coefficient (Wildman–Crippen LogP) is 4.65. The summed E-state index contributed by atoms with van der Waals surface area (Å²) in [6.07, 6.45) is 6.75. The molecule has 0 bridgehead atoms. The number of H-pyrrole nitrogens is 1. The Bertz CT molecular complexity index is 1170. The van der Waals surface area contributed by atoms with Gasteiger partial charge in [0.1, 0.15) is 0 Å². The summed E-state index contributed by atoms with van der Waals surface area (Å²) in [6.45, 7) is 7.45. The first-order valence-electron chi connectivity index (χ1n) is 11.7. The first kappa shape index (κ1) is 23.1. The lowest BCUT2D eigenvalue weighted by molar-refractivity contribution is 0.258. The smallest absolute Gasteiger partial charge is 0.225 e. The molecule has 0 aliphatic carbocycles. The normalized spacial score (nSPS) is 14.7. The molecule has 34 heavy (non-hydrogen) atoms. The maximum absolute atomic E-state index is 4.67. The fourth-order valence-corrected chi connectivity index (χ4v) is 5.99. The number of fused-ring (bicyclic) bond motifs is 1. The second-order valence-corrected chi connectivity index (χ2v) is 10.4. The monoisotopic (exact) mass is 491 g/mol. The molecule has 1 fully saturated rings. The number of para-hydroxylation sites is 2. The lowest BCUT2D eigenvalue weighted by Crippen LogP contribution is -2.47. The van der Waals surface area contributed by atoms with Crippen molar-refractivity contribution in [1.82, 2.24) is 29.8 Å². The molecule has 0 amide bonds. The number of anilines is 1. The van der Waals surface area contributed by atoms with Gasteiger partial charge in [0.15, 0.2) is 5.16 Å². The molecule has 3 aromatic heterocycles. The Kier molecular flexibility index (Phi) is 7.62. The molecule has 9 heteroatoms. The maximum atomic E-state index is 4.67. The van der Waals surface area contributed by atoms with Crippen LogP contribution in [-0.2, 0) is 5.75 Å². The van der Waals surface area contributed by atoms with Crippen LogP contribution in [0.2, 0.25) is 0 Å². The van der Waals surface area contributed by atoms with E-state index in [0.717, 1.165) is 72.1 Å². The van der Waals surface area contributed by atoms with Crippen molar-refractivity contribution in [1.29, 1.82) is 0 Å². The summed E-state index contributed by atoms with van der Waals surface area (Å²) in [5, 5.41) is 0.944. The van der Waals surface area contributed by atoms with Crippen molar-refractivity contribution in [3.8, 4) is 0 Å². The Morgan fingerprint density at radius 2 is 1.74 bits per heavy atom. The molecule has 0 saturated carbocycles. The van der Waals surface area contributed by atoms with E-state index in [1.165, 1.54) is 16.9 Å². The highest BCUT2D eigenvalue weighted by molar-refractivity contribution is 7.99. The average molecular weight is 492 g/mol. The summed E-state index contributed by atoms with van der Waals surface area (Å²) in [4.78, 5) is 27.6. The standard InChI is InChI=1S/C25H29N7S2/c1-19-22(18-34-25-29-20-6-2-3-7-21(20)30-25)26-11-8-23(19)33-17-5-12-31-13-15-32(16-14-31)24-27-9-4-10-28-24/h2-4,6-11H,5,12-18H2,1H3,(H,29,30). The highest BCUT2D eigenvalue weighted by Crippen LogP contribution is 2.28. The Morgan fingerprint density at radius 3 is 2.56 bits per heavy atom. The molecule has 7 nitrogen and oxygen atoms in total. The second kappa shape index (κ2) is 11.2. The van der Waals surface area contributed by atoms with Crippen molar-refractivity contribution in [2.75, 3.05) is 43.4 Å². The molecule has 0 atom stereocenters. The van der Waals surface area contributed by atoms with Crippen LogP contribution in [0, 0.1) is 6.92 Å². The van der Waals surface area contributed by atoms with Crippen LogP contribution in [-0.4, -0.2) is 68.3 Å². The molecule has 5 rings (SSSR count). The van der Waals surface area contributed by atoms with Gasteiger partial charge in [-0.2, -0.15) is 0 Å². The zero-order chi connectivity index (χ0) is 23.2. The van der Waals surface area contributed by atoms with Crippen molar-refractivity contribution in [2.45, 2.75) is 29.1 Å². The van der Waals surface area contributed by atoms with Crippen molar-refractivity contribution in [2.24, 2.45) is 0 Å². The molecule has 1 saturated heterocycles. The van der Waals surface area contributed by atoms with E-state index in [1.807, 2.05) is 54.6 Å². The Morgan fingerprint density at radius 1 is 0.912 bits per heavy atom. The first-order chi connectivity index (χ1) is 16.8. The van der Waals surface area contributed by atoms with E-state index >= 15 is 0 Å². The molecule has 0 spiro atoms. The minimum absolute atomic E-state index is 0.815. The van der Waals surface area contributed by atoms with E-state index in [0.29, 0.717) is 0 Å². The van der Waals surface area contributed by atoms with Gasteiger partial charge in [0.25, 0.3) is 0 Å². The Balaban J connectivity index is 1.07. The van der Waals surface area contributed by atoms with Crippen LogP contribution < -0.4 is 4.90 Å². The van der Waals surface area contributed by atoms with E-state index < -0.39 is 0 Å². The van der Waals surface area contributed by atoms with Gasteiger partial charge in [-0.15, -0.1) is 11.8 Å². The molecule has 0 unspecified atom stereocenters. The second-order valence-electron chi connectivity index (χ2n) is 8.31. The zero-order valence-corrected chi connectivity index (χ0v) is 21.0. The first-order valence-corrected chi connectivity index (χ1v) is 13.6. The summed E-state index contributed by atoms with van der Waals surface area (Å²) in [6, 6.07) is 12.2. The number of nitrogens with one attached hydrogen (secondary N) is 1. The molecule has 1 aliphatic heterocycles. The van der Waals surface area contributed by atoms with Crippen molar-refractivity contribution < 1.29 is 0 Å². The number of aromatic amines is 1. The molecular formula is C25H29N7S2. The highest BCUT2D eigenvalue weighted by Gasteiger charge is 2.18. The van der Waals surface area contributed by atoms with Crippen molar-refractivity contribution >= 4 is 40.5 Å². The molecule has 176 valence electrons. The SMILES string of the molecule is Cc1c(SCCCN2CCN(c3ncccn3)CC2)ccnc1CSc1nc2ccccc2[nH]1. The van der Waals surface area contributed by atoms with E-state index in [9.17, 15) is 0 Å². The number of aromatic nitrogens is 5. The number of piperazine rings is 1. The number of rotatable bonds is 9. The zero-order valence-electron chi connectivity index (χ0n) is 19.4. The number of nitrogens with zero attached hydrogens (tertiary/aromatic N) is 6. The van der Waals surface area contributed by atoms with E-state index in [1.54, 1.807) is 11.8 Å².